The van der Waals surface area contributed by atoms with Crippen LogP contribution in [0.15, 0.2) is 48.6 Å². The topological polar surface area (TPSA) is 175 Å². The molecule has 0 radical (unpaired) electrons. The molecule has 410 valence electrons. The average molecular weight is 1000 g/mol. The number of carboxylic acids is 1. The van der Waals surface area contributed by atoms with Crippen molar-refractivity contribution < 1.29 is 58.2 Å². The number of aliphatic hydroxyl groups excluding tert-OH is 2. The molecule has 1 heterocycles. The van der Waals surface area contributed by atoms with Gasteiger partial charge in [-0.3, -0.25) is 14.4 Å². The van der Waals surface area contributed by atoms with E-state index in [4.69, 9.17) is 23.7 Å². The summed E-state index contributed by atoms with van der Waals surface area (Å²) in [7, 11) is 0. The van der Waals surface area contributed by atoms with Crippen LogP contribution in [0.4, 0.5) is 0 Å². The molecule has 1 rings (SSSR count). The van der Waals surface area contributed by atoms with E-state index in [0.717, 1.165) is 89.9 Å². The van der Waals surface area contributed by atoms with Gasteiger partial charge in [-0.25, -0.2) is 4.79 Å². The number of ether oxygens (including phenoxy) is 5. The van der Waals surface area contributed by atoms with Crippen molar-refractivity contribution >= 4 is 23.9 Å². The number of hydrogen-bond donors (Lipinski definition) is 3. The minimum absolute atomic E-state index is 0.0592. The number of allylic oxidation sites excluding steroid dienone is 8. The minimum atomic E-state index is -1.90. The molecule has 6 atom stereocenters. The fraction of sp³-hybridized carbons (Fsp3) is 0.797. The quantitative estimate of drug-likeness (QED) is 0.0228. The van der Waals surface area contributed by atoms with E-state index in [0.29, 0.717) is 19.3 Å². The lowest BCUT2D eigenvalue weighted by Gasteiger charge is -2.40. The van der Waals surface area contributed by atoms with Gasteiger partial charge in [0.1, 0.15) is 18.8 Å². The van der Waals surface area contributed by atoms with Crippen molar-refractivity contribution in [1.29, 1.82) is 0 Å². The molecule has 0 aromatic heterocycles. The number of rotatable bonds is 48. The average Bonchev–Trinajstić information content (AvgIpc) is 3.35. The largest absolute Gasteiger partial charge is 0.479 e. The predicted octanol–water partition coefficient (Wildman–Crippen LogP) is 14.2. The molecule has 0 aliphatic carbocycles. The molecule has 0 spiro atoms. The van der Waals surface area contributed by atoms with E-state index in [2.05, 4.69) is 69.4 Å². The van der Waals surface area contributed by atoms with Gasteiger partial charge in [-0.1, -0.05) is 204 Å². The number of carboxylic acid groups (broad SMARTS) is 1. The zero-order valence-corrected chi connectivity index (χ0v) is 45.0. The Morgan fingerprint density at radius 3 is 1.38 bits per heavy atom. The highest BCUT2D eigenvalue weighted by Crippen LogP contribution is 2.26. The summed E-state index contributed by atoms with van der Waals surface area (Å²) >= 11 is 0. The van der Waals surface area contributed by atoms with Gasteiger partial charge < -0.3 is 39.0 Å². The van der Waals surface area contributed by atoms with Crippen molar-refractivity contribution in [2.75, 3.05) is 13.2 Å². The lowest BCUT2D eigenvalue weighted by Crippen LogP contribution is -2.61. The van der Waals surface area contributed by atoms with Crippen LogP contribution in [-0.4, -0.2) is 89.2 Å². The Morgan fingerprint density at radius 2 is 0.887 bits per heavy atom. The number of unbranched alkanes of at least 4 members (excludes halogenated alkanes) is 26. The second kappa shape index (κ2) is 47.7. The third-order valence-corrected chi connectivity index (χ3v) is 12.9. The summed E-state index contributed by atoms with van der Waals surface area (Å²) in [4.78, 5) is 51.0. The van der Waals surface area contributed by atoms with Crippen LogP contribution < -0.4 is 0 Å². The highest BCUT2D eigenvalue weighted by molar-refractivity contribution is 5.74. The van der Waals surface area contributed by atoms with Crippen LogP contribution in [0.25, 0.3) is 0 Å². The van der Waals surface area contributed by atoms with E-state index in [-0.39, 0.29) is 25.9 Å². The van der Waals surface area contributed by atoms with Crippen LogP contribution in [0.5, 0.6) is 0 Å². The van der Waals surface area contributed by atoms with Crippen LogP contribution in [-0.2, 0) is 42.9 Å². The second-order valence-corrected chi connectivity index (χ2v) is 19.5. The summed E-state index contributed by atoms with van der Waals surface area (Å²) in [5.74, 6) is -3.15. The Bertz CT molecular complexity index is 1420. The van der Waals surface area contributed by atoms with Crippen molar-refractivity contribution in [3.8, 4) is 0 Å². The van der Waals surface area contributed by atoms with E-state index < -0.39 is 67.3 Å². The third-order valence-electron chi connectivity index (χ3n) is 12.9. The fourth-order valence-corrected chi connectivity index (χ4v) is 8.49. The van der Waals surface area contributed by atoms with Crippen molar-refractivity contribution in [3.63, 3.8) is 0 Å². The zero-order valence-electron chi connectivity index (χ0n) is 45.0. The van der Waals surface area contributed by atoms with Gasteiger partial charge in [0.2, 0.25) is 0 Å². The molecule has 0 aromatic rings. The van der Waals surface area contributed by atoms with Gasteiger partial charge in [-0.05, 0) is 77.0 Å². The van der Waals surface area contributed by atoms with Gasteiger partial charge in [0.05, 0.1) is 6.61 Å². The number of aliphatic hydroxyl groups is 2. The molecule has 0 amide bonds. The molecule has 1 aliphatic rings. The van der Waals surface area contributed by atoms with E-state index in [1.54, 1.807) is 0 Å². The first-order valence-corrected chi connectivity index (χ1v) is 28.6. The van der Waals surface area contributed by atoms with Crippen molar-refractivity contribution in [1.82, 2.24) is 0 Å². The summed E-state index contributed by atoms with van der Waals surface area (Å²) in [5.41, 5.74) is 0. The molecule has 0 aromatic carbocycles. The van der Waals surface area contributed by atoms with E-state index in [1.165, 1.54) is 103 Å². The van der Waals surface area contributed by atoms with Crippen molar-refractivity contribution in [3.05, 3.63) is 48.6 Å². The normalized spacial score (nSPS) is 18.8. The molecule has 1 saturated heterocycles. The fourth-order valence-electron chi connectivity index (χ4n) is 8.49. The summed E-state index contributed by atoms with van der Waals surface area (Å²) in [6, 6.07) is 0. The molecule has 0 bridgehead atoms. The Balaban J connectivity index is 2.70. The molecule has 12 heteroatoms. The van der Waals surface area contributed by atoms with Gasteiger partial charge in [0, 0.05) is 19.3 Å². The highest BCUT2D eigenvalue weighted by atomic mass is 16.7. The molecule has 1 fully saturated rings. The second-order valence-electron chi connectivity index (χ2n) is 19.5. The molecule has 0 saturated carbocycles. The monoisotopic (exact) mass is 1000 g/mol. The van der Waals surface area contributed by atoms with Gasteiger partial charge in [-0.15, -0.1) is 0 Å². The van der Waals surface area contributed by atoms with Crippen LogP contribution in [0.1, 0.15) is 252 Å². The Labute approximate surface area is 431 Å². The number of esters is 3. The predicted molar refractivity (Wildman–Crippen MR) is 285 cm³/mol. The van der Waals surface area contributed by atoms with Gasteiger partial charge >= 0.3 is 23.9 Å². The summed E-state index contributed by atoms with van der Waals surface area (Å²) in [5, 5.41) is 31.4. The maximum absolute atomic E-state index is 13.1. The minimum Gasteiger partial charge on any atom is -0.479 e. The maximum Gasteiger partial charge on any atom is 0.335 e. The van der Waals surface area contributed by atoms with Gasteiger partial charge in [0.15, 0.2) is 24.6 Å². The lowest BCUT2D eigenvalue weighted by atomic mass is 9.98. The van der Waals surface area contributed by atoms with Crippen LogP contribution >= 0.6 is 0 Å². The number of carbonyl (C=O) groups excluding carboxylic acids is 3. The summed E-state index contributed by atoms with van der Waals surface area (Å²) in [6.07, 6.45) is 43.8. The van der Waals surface area contributed by atoms with Crippen LogP contribution in [0, 0.1) is 0 Å². The first-order chi connectivity index (χ1) is 34.6. The summed E-state index contributed by atoms with van der Waals surface area (Å²) < 4.78 is 28.3. The highest BCUT2D eigenvalue weighted by Gasteiger charge is 2.50. The Kier molecular flexibility index (Phi) is 44.1. The first kappa shape index (κ1) is 65.7. The zero-order chi connectivity index (χ0) is 51.8. The van der Waals surface area contributed by atoms with Crippen LogP contribution in [0.2, 0.25) is 0 Å². The van der Waals surface area contributed by atoms with Gasteiger partial charge in [0.25, 0.3) is 0 Å². The number of carbonyl (C=O) groups is 4. The molecular weight excluding hydrogens is 901 g/mol. The van der Waals surface area contributed by atoms with Crippen molar-refractivity contribution in [2.45, 2.75) is 289 Å². The first-order valence-electron chi connectivity index (χ1n) is 28.6. The van der Waals surface area contributed by atoms with Crippen molar-refractivity contribution in [2.24, 2.45) is 0 Å². The molecule has 6 unspecified atom stereocenters. The molecular formula is C59H102O12. The smallest absolute Gasteiger partial charge is 0.335 e. The van der Waals surface area contributed by atoms with E-state index >= 15 is 0 Å². The maximum atomic E-state index is 13.1. The molecule has 3 N–H and O–H groups in total. The standard InChI is InChI=1S/C59H102O12/c1-4-7-10-13-16-19-22-24-25-26-27-29-31-33-36-39-42-45-51(60)67-48-50(69-52(61)46-43-40-37-35-32-28-23-20-17-14-11-8-5-2)49-68-59-57(55(64)54(63)56(71-59)58(65)66)70-53(62)47-44-41-38-34-30-21-18-15-12-9-6-3/h8,11,17,20,24-25,28,32,50,54-57,59,63-64H,4-7,9-10,12-16,18-19,21-23,26-27,29-31,33-49H2,1-3H3,(H,65,66)/b11-8-,20-17-,25-24-,32-28-. The third kappa shape index (κ3) is 38.0. The number of aliphatic carboxylic acids is 1. The number of hydrogen-bond acceptors (Lipinski definition) is 11. The molecule has 1 aliphatic heterocycles. The Hall–Kier alpha value is -3.32. The molecule has 12 nitrogen and oxygen atoms in total. The van der Waals surface area contributed by atoms with Gasteiger partial charge in [-0.2, -0.15) is 0 Å². The lowest BCUT2D eigenvalue weighted by molar-refractivity contribution is -0.301. The Morgan fingerprint density at radius 1 is 0.479 bits per heavy atom. The van der Waals surface area contributed by atoms with E-state index in [1.807, 2.05) is 0 Å². The van der Waals surface area contributed by atoms with E-state index in [9.17, 15) is 34.5 Å². The summed E-state index contributed by atoms with van der Waals surface area (Å²) in [6.45, 7) is 5.83. The SMILES string of the molecule is CC/C=C\C/C=C\C/C=C\CCCCCC(=O)OC(COC(=O)CCCCCCCCC/C=C\CCCCCCCC)COC1OC(C(=O)O)C(O)C(O)C1OC(=O)CCCCCCCCCCCCC. The molecule has 71 heavy (non-hydrogen) atoms. The van der Waals surface area contributed by atoms with Crippen LogP contribution in [0.3, 0.4) is 0 Å².